The molecule has 0 aromatic rings. The number of rotatable bonds is 0. The van der Waals surface area contributed by atoms with Gasteiger partial charge in [0.1, 0.15) is 5.78 Å². The van der Waals surface area contributed by atoms with Crippen molar-refractivity contribution >= 4 is 5.78 Å². The molecule has 0 aromatic heterocycles. The largest absolute Gasteiger partial charge is 0.393 e. The Bertz CT molecular complexity index is 547. The van der Waals surface area contributed by atoms with E-state index >= 15 is 0 Å². The molecule has 0 aliphatic heterocycles. The number of aliphatic hydroxyl groups is 2. The van der Waals surface area contributed by atoms with Crippen LogP contribution in [0.3, 0.4) is 0 Å². The molecule has 3 nitrogen and oxygen atoms in total. The predicted octanol–water partition coefficient (Wildman–Crippen LogP) is 2.99. The van der Waals surface area contributed by atoms with Crippen LogP contribution in [0.5, 0.6) is 0 Å². The average Bonchev–Trinajstić information content (AvgIpc) is 2.73. The van der Waals surface area contributed by atoms with E-state index in [2.05, 4.69) is 6.92 Å². The monoisotopic (exact) mass is 304 g/mol. The zero-order valence-corrected chi connectivity index (χ0v) is 13.8. The highest BCUT2D eigenvalue weighted by Crippen LogP contribution is 2.62. The van der Waals surface area contributed by atoms with Gasteiger partial charge in [0.15, 0.2) is 0 Å². The molecule has 4 aliphatic carbocycles. The third-order valence-corrected chi connectivity index (χ3v) is 7.40. The van der Waals surface area contributed by atoms with Crippen LogP contribution >= 0.6 is 0 Å². The number of hydrogen-bond acceptors (Lipinski definition) is 3. The van der Waals surface area contributed by atoms with Crippen LogP contribution in [-0.4, -0.2) is 27.7 Å². The summed E-state index contributed by atoms with van der Waals surface area (Å²) >= 11 is 0. The summed E-state index contributed by atoms with van der Waals surface area (Å²) in [7, 11) is 0. The molecular formula is C19H28O3. The zero-order chi connectivity index (χ0) is 15.7. The summed E-state index contributed by atoms with van der Waals surface area (Å²) in [6.07, 6.45) is 6.74. The maximum atomic E-state index is 12.4. The summed E-state index contributed by atoms with van der Waals surface area (Å²) in [6, 6.07) is 0. The predicted molar refractivity (Wildman–Crippen MR) is 84.2 cm³/mol. The molecule has 0 aromatic carbocycles. The van der Waals surface area contributed by atoms with Gasteiger partial charge in [0.05, 0.1) is 11.7 Å². The fourth-order valence-corrected chi connectivity index (χ4v) is 6.37. The van der Waals surface area contributed by atoms with Gasteiger partial charge in [-0.3, -0.25) is 4.79 Å². The van der Waals surface area contributed by atoms with E-state index in [4.69, 9.17) is 0 Å². The number of aliphatic hydroxyl groups excluding tert-OH is 1. The van der Waals surface area contributed by atoms with Gasteiger partial charge in [-0.15, -0.1) is 0 Å². The Hall–Kier alpha value is -0.670. The molecule has 0 radical (unpaired) electrons. The lowest BCUT2D eigenvalue weighted by Crippen LogP contribution is -2.54. The van der Waals surface area contributed by atoms with Crippen molar-refractivity contribution < 1.29 is 15.0 Å². The summed E-state index contributed by atoms with van der Waals surface area (Å²) in [5.41, 5.74) is 1.93. The highest BCUT2D eigenvalue weighted by Gasteiger charge is 2.60. The lowest BCUT2D eigenvalue weighted by Gasteiger charge is -2.55. The molecule has 2 N–H and O–H groups in total. The Morgan fingerprint density at radius 1 is 1.14 bits per heavy atom. The van der Waals surface area contributed by atoms with Gasteiger partial charge >= 0.3 is 0 Å². The van der Waals surface area contributed by atoms with Gasteiger partial charge in [0, 0.05) is 11.8 Å². The first-order chi connectivity index (χ1) is 10.3. The van der Waals surface area contributed by atoms with Gasteiger partial charge in [-0.25, -0.2) is 0 Å². The first-order valence-electron chi connectivity index (χ1n) is 8.97. The third kappa shape index (κ3) is 1.91. The van der Waals surface area contributed by atoms with Gasteiger partial charge in [-0.2, -0.15) is 0 Å². The topological polar surface area (TPSA) is 57.5 Å². The molecule has 6 atom stereocenters. The highest BCUT2D eigenvalue weighted by atomic mass is 16.3. The minimum absolute atomic E-state index is 0.197. The number of carbonyl (C=O) groups is 1. The lowest BCUT2D eigenvalue weighted by molar-refractivity contribution is -0.138. The first kappa shape index (κ1) is 14.9. The number of ketones is 1. The fraction of sp³-hybridized carbons (Fsp3) is 0.842. The van der Waals surface area contributed by atoms with E-state index in [0.29, 0.717) is 30.5 Å². The summed E-state index contributed by atoms with van der Waals surface area (Å²) < 4.78 is 0. The Labute approximate surface area is 132 Å². The van der Waals surface area contributed by atoms with E-state index in [-0.39, 0.29) is 17.4 Å². The number of hydrogen-bond donors (Lipinski definition) is 2. The van der Waals surface area contributed by atoms with Crippen molar-refractivity contribution in [2.75, 3.05) is 0 Å². The molecule has 2 saturated carbocycles. The summed E-state index contributed by atoms with van der Waals surface area (Å²) in [6.45, 7) is 4.12. The minimum Gasteiger partial charge on any atom is -0.393 e. The van der Waals surface area contributed by atoms with Crippen molar-refractivity contribution in [3.63, 3.8) is 0 Å². The van der Waals surface area contributed by atoms with E-state index in [1.807, 2.05) is 6.92 Å². The molecule has 0 heterocycles. The number of carbonyl (C=O) groups excluding carboxylic acids is 1. The van der Waals surface area contributed by atoms with E-state index in [1.54, 1.807) is 0 Å². The molecule has 0 amide bonds. The Morgan fingerprint density at radius 3 is 2.68 bits per heavy atom. The number of Topliss-reactive ketones (excluding diaryl/α,β-unsaturated/α-hetero) is 1. The molecule has 122 valence electrons. The van der Waals surface area contributed by atoms with Crippen LogP contribution in [0, 0.1) is 23.2 Å². The summed E-state index contributed by atoms with van der Waals surface area (Å²) in [4.78, 5) is 12.4. The fourth-order valence-electron chi connectivity index (χ4n) is 6.37. The lowest BCUT2D eigenvalue weighted by atomic mass is 9.50. The average molecular weight is 304 g/mol. The zero-order valence-electron chi connectivity index (χ0n) is 13.8. The van der Waals surface area contributed by atoms with Crippen LogP contribution in [0.1, 0.15) is 65.2 Å². The Balaban J connectivity index is 1.75. The molecule has 4 aliphatic rings. The van der Waals surface area contributed by atoms with Crippen LogP contribution in [0.2, 0.25) is 0 Å². The van der Waals surface area contributed by atoms with Crippen molar-refractivity contribution in [2.24, 2.45) is 23.2 Å². The Morgan fingerprint density at radius 2 is 1.91 bits per heavy atom. The molecular weight excluding hydrogens is 276 g/mol. The SMILES string of the molecule is C[C@]1(O)CC2=C(CC[C@@H](O)C2)[C@H]2CC[C@]3(C)C(=O)CC[C@H]3[C@@H]21. The summed E-state index contributed by atoms with van der Waals surface area (Å²) in [5, 5.41) is 21.2. The number of fused-ring (bicyclic) bond motifs is 4. The normalized spacial score (nSPS) is 51.4. The van der Waals surface area contributed by atoms with Crippen LogP contribution in [0.4, 0.5) is 0 Å². The standard InChI is InChI=1S/C19H28O3/c1-18-8-7-14-13-4-3-12(20)9-11(13)10-19(2,22)17(14)15(18)5-6-16(18)21/h12,14-15,17,20,22H,3-10H2,1-2H3/t12-,14-,15+,17-,18+,19+/m1/s1. The quantitative estimate of drug-likeness (QED) is 0.676. The van der Waals surface area contributed by atoms with Crippen molar-refractivity contribution in [3.05, 3.63) is 11.1 Å². The molecule has 4 rings (SSSR count). The third-order valence-electron chi connectivity index (χ3n) is 7.40. The maximum absolute atomic E-state index is 12.4. The smallest absolute Gasteiger partial charge is 0.139 e. The Kier molecular flexibility index (Phi) is 3.16. The second kappa shape index (κ2) is 4.67. The molecule has 0 bridgehead atoms. The molecule has 22 heavy (non-hydrogen) atoms. The van der Waals surface area contributed by atoms with E-state index < -0.39 is 5.60 Å². The summed E-state index contributed by atoms with van der Waals surface area (Å²) in [5.74, 6) is 1.43. The molecule has 0 unspecified atom stereocenters. The van der Waals surface area contributed by atoms with Crippen molar-refractivity contribution in [1.29, 1.82) is 0 Å². The minimum atomic E-state index is -0.725. The second-order valence-corrected chi connectivity index (χ2v) is 8.72. The van der Waals surface area contributed by atoms with Gasteiger partial charge < -0.3 is 10.2 Å². The van der Waals surface area contributed by atoms with Gasteiger partial charge in [-0.1, -0.05) is 18.1 Å². The van der Waals surface area contributed by atoms with Gasteiger partial charge in [0.2, 0.25) is 0 Å². The molecule has 2 fully saturated rings. The van der Waals surface area contributed by atoms with Gasteiger partial charge in [0.25, 0.3) is 0 Å². The van der Waals surface area contributed by atoms with Crippen LogP contribution in [0.25, 0.3) is 0 Å². The molecule has 3 heteroatoms. The number of allylic oxidation sites excluding steroid dienone is 1. The van der Waals surface area contributed by atoms with Crippen LogP contribution in [0.15, 0.2) is 11.1 Å². The van der Waals surface area contributed by atoms with Crippen LogP contribution < -0.4 is 0 Å². The van der Waals surface area contributed by atoms with E-state index in [0.717, 1.165) is 38.5 Å². The maximum Gasteiger partial charge on any atom is 0.139 e. The van der Waals surface area contributed by atoms with E-state index in [9.17, 15) is 15.0 Å². The molecule has 0 spiro atoms. The molecule has 0 saturated heterocycles. The second-order valence-electron chi connectivity index (χ2n) is 8.72. The van der Waals surface area contributed by atoms with Crippen LogP contribution in [-0.2, 0) is 4.79 Å². The van der Waals surface area contributed by atoms with Crippen molar-refractivity contribution in [3.8, 4) is 0 Å². The van der Waals surface area contributed by atoms with Crippen molar-refractivity contribution in [1.82, 2.24) is 0 Å². The van der Waals surface area contributed by atoms with Gasteiger partial charge in [-0.05, 0) is 69.6 Å². The highest BCUT2D eigenvalue weighted by molar-refractivity contribution is 5.87. The first-order valence-corrected chi connectivity index (χ1v) is 8.97. The van der Waals surface area contributed by atoms with Crippen molar-refractivity contribution in [2.45, 2.75) is 76.9 Å². The van der Waals surface area contributed by atoms with E-state index in [1.165, 1.54) is 11.1 Å².